The normalized spacial score (nSPS) is 47.1. The van der Waals surface area contributed by atoms with Crippen molar-refractivity contribution < 1.29 is 4.79 Å². The van der Waals surface area contributed by atoms with Crippen molar-refractivity contribution in [3.63, 3.8) is 0 Å². The molecule has 0 aromatic heterocycles. The number of nitrogens with zero attached hydrogens (tertiary/aromatic N) is 1. The molecule has 0 radical (unpaired) electrons. The molecule has 0 unspecified atom stereocenters. The molecule has 0 bridgehead atoms. The summed E-state index contributed by atoms with van der Waals surface area (Å²) in [4.78, 5) is 13.6. The van der Waals surface area contributed by atoms with Crippen LogP contribution < -0.4 is 0 Å². The molecule has 2 aliphatic carbocycles. The van der Waals surface area contributed by atoms with Crippen molar-refractivity contribution in [2.75, 3.05) is 6.54 Å². The van der Waals surface area contributed by atoms with Gasteiger partial charge in [0.15, 0.2) is 0 Å². The first-order valence-corrected chi connectivity index (χ1v) is 4.63. The Morgan fingerprint density at radius 1 is 1.36 bits per heavy atom. The number of likely N-dealkylation sites (tertiary alicyclic amines) is 1. The van der Waals surface area contributed by atoms with Crippen molar-refractivity contribution in [2.24, 2.45) is 5.92 Å². The van der Waals surface area contributed by atoms with Crippen LogP contribution in [-0.2, 0) is 4.79 Å². The van der Waals surface area contributed by atoms with Crippen molar-refractivity contribution in [1.82, 2.24) is 4.90 Å². The summed E-state index contributed by atoms with van der Waals surface area (Å²) in [7, 11) is 0. The minimum absolute atomic E-state index is 0.427. The number of hydrogen-bond donors (Lipinski definition) is 0. The Hall–Kier alpha value is -0.530. The van der Waals surface area contributed by atoms with E-state index in [0.717, 1.165) is 25.3 Å². The summed E-state index contributed by atoms with van der Waals surface area (Å²) >= 11 is 0. The summed E-state index contributed by atoms with van der Waals surface area (Å²) in [5.74, 6) is 1.35. The van der Waals surface area contributed by atoms with Crippen LogP contribution >= 0.6 is 0 Å². The minimum atomic E-state index is 0.427. The SMILES string of the molecule is O=C1CCCCN1C12CC1C2. The second-order valence-corrected chi connectivity index (χ2v) is 4.21. The maximum Gasteiger partial charge on any atom is 0.223 e. The molecule has 3 aliphatic rings. The lowest BCUT2D eigenvalue weighted by Gasteiger charge is -2.29. The van der Waals surface area contributed by atoms with Gasteiger partial charge in [-0.05, 0) is 31.6 Å². The van der Waals surface area contributed by atoms with Crippen molar-refractivity contribution in [3.8, 4) is 0 Å². The number of rotatable bonds is 1. The standard InChI is InChI=1S/C9H13NO/c11-8-3-1-2-4-10(8)9-5-7(9)6-9/h7H,1-6H2. The zero-order valence-corrected chi connectivity index (χ0v) is 6.68. The predicted molar refractivity (Wildman–Crippen MR) is 41.0 cm³/mol. The molecule has 1 saturated heterocycles. The van der Waals surface area contributed by atoms with E-state index >= 15 is 0 Å². The highest BCUT2D eigenvalue weighted by molar-refractivity contribution is 5.79. The van der Waals surface area contributed by atoms with E-state index in [4.69, 9.17) is 0 Å². The van der Waals surface area contributed by atoms with Crippen molar-refractivity contribution in [3.05, 3.63) is 0 Å². The predicted octanol–water partition coefficient (Wildman–Crippen LogP) is 1.16. The molecule has 0 aromatic carbocycles. The maximum absolute atomic E-state index is 11.4. The van der Waals surface area contributed by atoms with Gasteiger partial charge >= 0.3 is 0 Å². The third-order valence-electron chi connectivity index (χ3n) is 3.50. The fourth-order valence-electron chi connectivity index (χ4n) is 2.39. The van der Waals surface area contributed by atoms with Crippen LogP contribution in [0.25, 0.3) is 0 Å². The Morgan fingerprint density at radius 2 is 2.09 bits per heavy atom. The number of carbonyl (C=O) groups excluding carboxylic acids is 1. The van der Waals surface area contributed by atoms with Crippen LogP contribution in [-0.4, -0.2) is 22.9 Å². The lowest BCUT2D eigenvalue weighted by atomic mass is 10.1. The van der Waals surface area contributed by atoms with E-state index in [1.807, 2.05) is 0 Å². The summed E-state index contributed by atoms with van der Waals surface area (Å²) in [6.07, 6.45) is 5.81. The van der Waals surface area contributed by atoms with Crippen LogP contribution in [0.2, 0.25) is 0 Å². The number of fused-ring (bicyclic) bond motifs is 1. The maximum atomic E-state index is 11.4. The minimum Gasteiger partial charge on any atom is -0.337 e. The Balaban J connectivity index is 1.79. The summed E-state index contributed by atoms with van der Waals surface area (Å²) in [6, 6.07) is 0. The van der Waals surface area contributed by atoms with Crippen molar-refractivity contribution in [1.29, 1.82) is 0 Å². The molecule has 1 aliphatic heterocycles. The van der Waals surface area contributed by atoms with Gasteiger partial charge in [0.05, 0.1) is 0 Å². The Labute approximate surface area is 66.6 Å². The smallest absolute Gasteiger partial charge is 0.223 e. The lowest BCUT2D eigenvalue weighted by Crippen LogP contribution is -2.40. The molecule has 2 saturated carbocycles. The summed E-state index contributed by atoms with van der Waals surface area (Å²) in [6.45, 7) is 1.05. The zero-order chi connectivity index (χ0) is 7.47. The van der Waals surface area contributed by atoms with Crippen LogP contribution in [0.4, 0.5) is 0 Å². The third kappa shape index (κ3) is 0.652. The Kier molecular flexibility index (Phi) is 0.890. The van der Waals surface area contributed by atoms with Gasteiger partial charge in [0.25, 0.3) is 0 Å². The highest BCUT2D eigenvalue weighted by atomic mass is 16.2. The van der Waals surface area contributed by atoms with Crippen molar-refractivity contribution in [2.45, 2.75) is 37.6 Å². The summed E-state index contributed by atoms with van der Waals surface area (Å²) < 4.78 is 0. The van der Waals surface area contributed by atoms with Gasteiger partial charge in [-0.2, -0.15) is 0 Å². The average molecular weight is 151 g/mol. The van der Waals surface area contributed by atoms with Gasteiger partial charge in [0, 0.05) is 18.5 Å². The molecular weight excluding hydrogens is 138 g/mol. The summed E-state index contributed by atoms with van der Waals surface area (Å²) in [5, 5.41) is 0. The fraction of sp³-hybridized carbons (Fsp3) is 0.889. The van der Waals surface area contributed by atoms with Gasteiger partial charge in [-0.15, -0.1) is 0 Å². The first-order chi connectivity index (χ1) is 5.33. The molecule has 11 heavy (non-hydrogen) atoms. The number of hydrogen-bond acceptors (Lipinski definition) is 1. The van der Waals surface area contributed by atoms with E-state index in [2.05, 4.69) is 4.90 Å². The summed E-state index contributed by atoms with van der Waals surface area (Å²) in [5.41, 5.74) is 0.442. The Bertz CT molecular complexity index is 218. The van der Waals surface area contributed by atoms with Crippen LogP contribution in [0.5, 0.6) is 0 Å². The molecule has 60 valence electrons. The van der Waals surface area contributed by atoms with Crippen LogP contribution in [0, 0.1) is 5.92 Å². The quantitative estimate of drug-likeness (QED) is 0.550. The fourth-order valence-corrected chi connectivity index (χ4v) is 2.39. The van der Waals surface area contributed by atoms with E-state index in [9.17, 15) is 4.79 Å². The highest BCUT2D eigenvalue weighted by Gasteiger charge is 2.73. The molecule has 3 rings (SSSR count). The molecule has 0 N–H and O–H groups in total. The number of carbonyl (C=O) groups is 1. The van der Waals surface area contributed by atoms with E-state index in [-0.39, 0.29) is 0 Å². The molecule has 2 heteroatoms. The van der Waals surface area contributed by atoms with E-state index in [0.29, 0.717) is 11.4 Å². The first kappa shape index (κ1) is 6.04. The number of piperidine rings is 1. The van der Waals surface area contributed by atoms with E-state index in [1.54, 1.807) is 0 Å². The van der Waals surface area contributed by atoms with Gasteiger partial charge in [0.2, 0.25) is 5.91 Å². The molecule has 3 fully saturated rings. The van der Waals surface area contributed by atoms with E-state index < -0.39 is 0 Å². The Morgan fingerprint density at radius 3 is 2.64 bits per heavy atom. The molecule has 1 amide bonds. The van der Waals surface area contributed by atoms with Gasteiger partial charge in [-0.1, -0.05) is 0 Å². The first-order valence-electron chi connectivity index (χ1n) is 4.63. The van der Waals surface area contributed by atoms with Crippen LogP contribution in [0.3, 0.4) is 0 Å². The van der Waals surface area contributed by atoms with Crippen molar-refractivity contribution >= 4 is 5.91 Å². The monoisotopic (exact) mass is 151 g/mol. The third-order valence-corrected chi connectivity index (χ3v) is 3.50. The molecule has 2 nitrogen and oxygen atoms in total. The second-order valence-electron chi connectivity index (χ2n) is 4.21. The molecule has 0 atom stereocenters. The van der Waals surface area contributed by atoms with E-state index in [1.165, 1.54) is 19.3 Å². The highest BCUT2D eigenvalue weighted by Crippen LogP contribution is 2.70. The average Bonchev–Trinajstić information content (AvgIpc) is 2.74. The lowest BCUT2D eigenvalue weighted by molar-refractivity contribution is -0.135. The van der Waals surface area contributed by atoms with Crippen LogP contribution in [0.15, 0.2) is 0 Å². The second kappa shape index (κ2) is 1.62. The molecule has 1 heterocycles. The topological polar surface area (TPSA) is 20.3 Å². The van der Waals surface area contributed by atoms with Gasteiger partial charge < -0.3 is 4.90 Å². The van der Waals surface area contributed by atoms with Gasteiger partial charge in [0.1, 0.15) is 0 Å². The molecular formula is C9H13NO. The molecule has 0 aromatic rings. The largest absolute Gasteiger partial charge is 0.337 e. The van der Waals surface area contributed by atoms with Crippen LogP contribution in [0.1, 0.15) is 32.1 Å². The zero-order valence-electron chi connectivity index (χ0n) is 6.68. The van der Waals surface area contributed by atoms with Gasteiger partial charge in [-0.3, -0.25) is 4.79 Å². The number of amides is 1. The molecule has 0 spiro atoms. The van der Waals surface area contributed by atoms with Gasteiger partial charge in [-0.25, -0.2) is 0 Å².